The predicted octanol–water partition coefficient (Wildman–Crippen LogP) is 6.75. The topological polar surface area (TPSA) is 70.5 Å². The summed E-state index contributed by atoms with van der Waals surface area (Å²) in [4.78, 5) is 32.0. The zero-order valence-electron chi connectivity index (χ0n) is 22.9. The number of carbonyl (C=O) groups is 2. The molecule has 5 nitrogen and oxygen atoms in total. The van der Waals surface area contributed by atoms with Crippen molar-refractivity contribution in [1.29, 1.82) is 0 Å². The molecule has 3 aromatic carbocycles. The van der Waals surface area contributed by atoms with Gasteiger partial charge in [0.1, 0.15) is 23.2 Å². The first kappa shape index (κ1) is 27.9. The van der Waals surface area contributed by atoms with E-state index < -0.39 is 17.6 Å². The summed E-state index contributed by atoms with van der Waals surface area (Å²) in [5.41, 5.74) is 5.99. The maximum absolute atomic E-state index is 14.1. The minimum absolute atomic E-state index is 0.0437. The molecule has 0 radical (unpaired) electrons. The monoisotopic (exact) mass is 552 g/mol. The fourth-order valence-electron chi connectivity index (χ4n) is 5.43. The molecule has 1 amide bonds. The Kier molecular flexibility index (Phi) is 8.06. The number of pyridine rings is 1. The van der Waals surface area contributed by atoms with E-state index in [4.69, 9.17) is 0 Å². The van der Waals surface area contributed by atoms with Crippen LogP contribution in [0.15, 0.2) is 85.1 Å². The molecule has 1 atom stereocenters. The summed E-state index contributed by atoms with van der Waals surface area (Å²) in [6.07, 6.45) is 4.82. The molecule has 0 unspecified atom stereocenters. The third kappa shape index (κ3) is 6.40. The van der Waals surface area contributed by atoms with Crippen molar-refractivity contribution in [3.05, 3.63) is 125 Å². The summed E-state index contributed by atoms with van der Waals surface area (Å²) in [6.45, 7) is 0. The summed E-state index contributed by atoms with van der Waals surface area (Å²) in [7, 11) is 3.38. The highest BCUT2D eigenvalue weighted by atomic mass is 19.1. The Morgan fingerprint density at radius 2 is 1.68 bits per heavy atom. The van der Waals surface area contributed by atoms with Crippen LogP contribution < -0.4 is 0 Å². The fourth-order valence-corrected chi connectivity index (χ4v) is 5.43. The van der Waals surface area contributed by atoms with Gasteiger partial charge in [0.05, 0.1) is 5.69 Å². The number of halogens is 2. The second-order valence-electron chi connectivity index (χ2n) is 10.6. The Balaban J connectivity index is 1.47. The van der Waals surface area contributed by atoms with Crippen LogP contribution in [0.2, 0.25) is 0 Å². The van der Waals surface area contributed by atoms with Crippen molar-refractivity contribution in [1.82, 2.24) is 9.88 Å². The largest absolute Gasteiger partial charge is 0.508 e. The Bertz CT molecular complexity index is 1620. The smallest absolute Gasteiger partial charge is 0.253 e. The molecule has 0 fully saturated rings. The average molecular weight is 553 g/mol. The Morgan fingerprint density at radius 1 is 0.951 bits per heavy atom. The van der Waals surface area contributed by atoms with Gasteiger partial charge in [-0.25, -0.2) is 8.78 Å². The minimum Gasteiger partial charge on any atom is -0.508 e. The van der Waals surface area contributed by atoms with Crippen LogP contribution in [0.4, 0.5) is 8.78 Å². The number of amides is 1. The first-order chi connectivity index (χ1) is 19.7. The molecule has 4 aromatic rings. The molecule has 1 N–H and O–H groups in total. The first-order valence-electron chi connectivity index (χ1n) is 13.4. The summed E-state index contributed by atoms with van der Waals surface area (Å²) in [5, 5.41) is 9.96. The maximum Gasteiger partial charge on any atom is 0.253 e. The van der Waals surface area contributed by atoms with Gasteiger partial charge in [-0.3, -0.25) is 14.6 Å². The van der Waals surface area contributed by atoms with Gasteiger partial charge in [0.25, 0.3) is 5.91 Å². The number of fused-ring (bicyclic) bond motifs is 1. The quantitative estimate of drug-likeness (QED) is 0.249. The summed E-state index contributed by atoms with van der Waals surface area (Å²) < 4.78 is 28.2. The Labute approximate surface area is 237 Å². The van der Waals surface area contributed by atoms with Crippen molar-refractivity contribution in [3.8, 4) is 16.9 Å². The molecule has 1 heterocycles. The van der Waals surface area contributed by atoms with E-state index in [9.17, 15) is 23.5 Å². The number of rotatable bonds is 9. The van der Waals surface area contributed by atoms with Crippen LogP contribution in [0.25, 0.3) is 16.7 Å². The van der Waals surface area contributed by atoms with Crippen molar-refractivity contribution in [2.24, 2.45) is 0 Å². The van der Waals surface area contributed by atoms with Crippen molar-refractivity contribution in [2.45, 2.75) is 31.6 Å². The van der Waals surface area contributed by atoms with Gasteiger partial charge in [0.2, 0.25) is 0 Å². The molecule has 5 rings (SSSR count). The molecule has 1 aliphatic rings. The van der Waals surface area contributed by atoms with Gasteiger partial charge in [0.15, 0.2) is 0 Å². The molecule has 0 saturated heterocycles. The molecule has 0 saturated carbocycles. The van der Waals surface area contributed by atoms with Crippen LogP contribution in [-0.4, -0.2) is 40.8 Å². The third-order valence-corrected chi connectivity index (χ3v) is 7.35. The molecule has 41 heavy (non-hydrogen) atoms. The number of carbonyl (C=O) groups excluding carboxylic acids is 2. The van der Waals surface area contributed by atoms with Crippen LogP contribution in [0, 0.1) is 11.6 Å². The molecule has 7 heteroatoms. The standard InChI is InChI=1S/C34H30F2N2O3/c1-38(2)34(41)24-8-5-22(6-9-24)31-4-3-13-37-33(31)26(14-21-15-27(35)19-28(36)16-21)18-30(40)17-25-10-7-23-11-12-29(39)20-32(23)25/h3-6,8-13,15-16,19-20,26,39H,7,14,17-18H2,1-2H3/t26-/m1/s1. The zero-order chi connectivity index (χ0) is 29.1. The van der Waals surface area contributed by atoms with Gasteiger partial charge in [-0.15, -0.1) is 0 Å². The molecule has 0 bridgehead atoms. The van der Waals surface area contributed by atoms with E-state index in [1.165, 1.54) is 17.0 Å². The van der Waals surface area contributed by atoms with Crippen LogP contribution >= 0.6 is 0 Å². The van der Waals surface area contributed by atoms with E-state index in [-0.39, 0.29) is 36.7 Å². The number of hydrogen-bond acceptors (Lipinski definition) is 4. The molecule has 0 aliphatic heterocycles. The lowest BCUT2D eigenvalue weighted by atomic mass is 9.85. The van der Waals surface area contributed by atoms with Crippen molar-refractivity contribution >= 4 is 17.3 Å². The van der Waals surface area contributed by atoms with Gasteiger partial charge >= 0.3 is 0 Å². The predicted molar refractivity (Wildman–Crippen MR) is 155 cm³/mol. The van der Waals surface area contributed by atoms with E-state index in [0.29, 0.717) is 23.2 Å². The van der Waals surface area contributed by atoms with Gasteiger partial charge < -0.3 is 10.0 Å². The number of hydrogen-bond donors (Lipinski definition) is 1. The number of allylic oxidation sites excluding steroid dienone is 2. The van der Waals surface area contributed by atoms with Crippen LogP contribution in [0.5, 0.6) is 5.75 Å². The SMILES string of the molecule is CN(C)C(=O)c1ccc(-c2cccnc2[C@@H](CC(=O)CC2=CCc3ccc(O)cc32)Cc2cc(F)cc(F)c2)cc1. The highest BCUT2D eigenvalue weighted by Gasteiger charge is 2.25. The lowest BCUT2D eigenvalue weighted by Gasteiger charge is -2.20. The van der Waals surface area contributed by atoms with Gasteiger partial charge in [-0.05, 0) is 83.1 Å². The van der Waals surface area contributed by atoms with Crippen LogP contribution in [0.3, 0.4) is 0 Å². The number of nitrogens with zero attached hydrogens (tertiary/aromatic N) is 2. The van der Waals surface area contributed by atoms with E-state index in [1.54, 1.807) is 50.6 Å². The van der Waals surface area contributed by atoms with Crippen LogP contribution in [-0.2, 0) is 17.6 Å². The number of phenols is 1. The number of aromatic nitrogens is 1. The molecule has 1 aliphatic carbocycles. The summed E-state index contributed by atoms with van der Waals surface area (Å²) in [5.74, 6) is -1.84. The number of phenolic OH excluding ortho intramolecular Hbond substituents is 1. The second kappa shape index (κ2) is 11.8. The Hall–Kier alpha value is -4.65. The van der Waals surface area contributed by atoms with Gasteiger partial charge in [0, 0.05) is 56.2 Å². The van der Waals surface area contributed by atoms with Gasteiger partial charge in [-0.1, -0.05) is 30.3 Å². The number of benzene rings is 3. The number of ketones is 1. The van der Waals surface area contributed by atoms with E-state index in [1.807, 2.05) is 30.3 Å². The minimum atomic E-state index is -0.681. The lowest BCUT2D eigenvalue weighted by Crippen LogP contribution is -2.21. The molecule has 208 valence electrons. The summed E-state index contributed by atoms with van der Waals surface area (Å²) in [6, 6.07) is 19.4. The first-order valence-corrected chi connectivity index (χ1v) is 13.4. The van der Waals surface area contributed by atoms with E-state index in [2.05, 4.69) is 4.98 Å². The van der Waals surface area contributed by atoms with E-state index in [0.717, 1.165) is 33.9 Å². The molecule has 1 aromatic heterocycles. The van der Waals surface area contributed by atoms with Crippen molar-refractivity contribution < 1.29 is 23.5 Å². The maximum atomic E-state index is 14.1. The highest BCUT2D eigenvalue weighted by molar-refractivity contribution is 5.94. The summed E-state index contributed by atoms with van der Waals surface area (Å²) >= 11 is 0. The highest BCUT2D eigenvalue weighted by Crippen LogP contribution is 2.36. The Morgan fingerprint density at radius 3 is 2.39 bits per heavy atom. The molecular formula is C34H30F2N2O3. The lowest BCUT2D eigenvalue weighted by molar-refractivity contribution is -0.118. The fraction of sp³-hybridized carbons (Fsp3) is 0.206. The molecule has 0 spiro atoms. The average Bonchev–Trinajstić information content (AvgIpc) is 3.33. The van der Waals surface area contributed by atoms with Crippen molar-refractivity contribution in [2.75, 3.05) is 14.1 Å². The van der Waals surface area contributed by atoms with E-state index >= 15 is 0 Å². The number of aromatic hydroxyl groups is 1. The second-order valence-corrected chi connectivity index (χ2v) is 10.6. The third-order valence-electron chi connectivity index (χ3n) is 7.35. The molecular weight excluding hydrogens is 522 g/mol. The normalized spacial score (nSPS) is 12.9. The zero-order valence-corrected chi connectivity index (χ0v) is 22.9. The van der Waals surface area contributed by atoms with Crippen molar-refractivity contribution in [3.63, 3.8) is 0 Å². The van der Waals surface area contributed by atoms with Gasteiger partial charge in [-0.2, -0.15) is 0 Å². The van der Waals surface area contributed by atoms with Crippen LogP contribution in [0.1, 0.15) is 51.5 Å². The number of Topliss-reactive ketones (excluding diaryl/α,β-unsaturated/α-hetero) is 1.